The molecule has 3 aromatic rings. The summed E-state index contributed by atoms with van der Waals surface area (Å²) in [6.45, 7) is 6.00. The van der Waals surface area contributed by atoms with Crippen LogP contribution in [0, 0.1) is 0 Å². The van der Waals surface area contributed by atoms with Crippen LogP contribution < -0.4 is 34.4 Å². The molecule has 0 amide bonds. The van der Waals surface area contributed by atoms with E-state index in [-0.39, 0.29) is 18.9 Å². The first-order valence-corrected chi connectivity index (χ1v) is 14.2. The molecule has 0 aliphatic carbocycles. The van der Waals surface area contributed by atoms with Crippen molar-refractivity contribution in [2.45, 2.75) is 38.5 Å². The molecule has 0 atom stereocenters. The smallest absolute Gasteiger partial charge is 0.381 e. The maximum absolute atomic E-state index is 4.94. The Morgan fingerprint density at radius 1 is 0.371 bits per heavy atom. The van der Waals surface area contributed by atoms with Gasteiger partial charge in [0, 0.05) is 39.6 Å². The molecule has 3 aliphatic heterocycles. The first kappa shape index (κ1) is 29.6. The molecular weight excluding hydrogens is 443 g/mol. The van der Waals surface area contributed by atoms with Gasteiger partial charge in [-0.2, -0.15) is 15.6 Å². The van der Waals surface area contributed by atoms with Gasteiger partial charge < -0.3 is 14.2 Å². The Balaban J connectivity index is 0.000000217. The summed E-state index contributed by atoms with van der Waals surface area (Å²) in [5.74, 6) is 0. The van der Waals surface area contributed by atoms with Gasteiger partial charge in [-0.3, -0.25) is 0 Å². The summed E-state index contributed by atoms with van der Waals surface area (Å²) in [5.41, 5.74) is 0. The minimum atomic E-state index is -0.877. The van der Waals surface area contributed by atoms with Crippen molar-refractivity contribution in [3.8, 4) is 0 Å². The number of hydrogen-bond acceptors (Lipinski definition) is 3. The molecule has 3 aromatic carbocycles. The van der Waals surface area contributed by atoms with Crippen LogP contribution in [-0.2, 0) is 14.2 Å². The van der Waals surface area contributed by atoms with E-state index >= 15 is 0 Å². The van der Waals surface area contributed by atoms with Crippen LogP contribution in [0.1, 0.15) is 38.5 Å². The van der Waals surface area contributed by atoms with Gasteiger partial charge in [0.2, 0.25) is 0 Å². The first-order chi connectivity index (χ1) is 16.9. The van der Waals surface area contributed by atoms with Gasteiger partial charge in [-0.15, -0.1) is 0 Å². The van der Waals surface area contributed by atoms with Crippen LogP contribution in [0.3, 0.4) is 0 Å². The Labute approximate surface area is 226 Å². The predicted molar refractivity (Wildman–Crippen MR) is 144 cm³/mol. The Hall–Kier alpha value is -1.65. The number of benzene rings is 3. The van der Waals surface area contributed by atoms with Crippen molar-refractivity contribution in [1.82, 2.24) is 0 Å². The SMILES string of the molecule is C1CCOC1.C1CCOC1.C1CCOC1.[Li+].c1ccc([Si-](c2ccccc2)c2ccccc2)cc1. The summed E-state index contributed by atoms with van der Waals surface area (Å²) in [4.78, 5) is 0. The molecule has 0 N–H and O–H groups in total. The fourth-order valence-electron chi connectivity index (χ4n) is 3.85. The van der Waals surface area contributed by atoms with Crippen molar-refractivity contribution in [3.63, 3.8) is 0 Å². The predicted octanol–water partition coefficient (Wildman–Crippen LogP) is 1.60. The topological polar surface area (TPSA) is 27.7 Å². The third-order valence-corrected chi connectivity index (χ3v) is 8.40. The summed E-state index contributed by atoms with van der Waals surface area (Å²) in [5, 5.41) is 4.31. The maximum atomic E-state index is 4.94. The Morgan fingerprint density at radius 3 is 0.771 bits per heavy atom. The van der Waals surface area contributed by atoms with E-state index in [1.807, 2.05) is 0 Å². The molecule has 0 radical (unpaired) electrons. The van der Waals surface area contributed by atoms with Crippen LogP contribution in [0.5, 0.6) is 0 Å². The summed E-state index contributed by atoms with van der Waals surface area (Å²) >= 11 is 0. The van der Waals surface area contributed by atoms with Crippen molar-refractivity contribution in [1.29, 1.82) is 0 Å². The van der Waals surface area contributed by atoms with Crippen LogP contribution in [0.2, 0.25) is 0 Å². The Bertz CT molecular complexity index is 712. The van der Waals surface area contributed by atoms with Gasteiger partial charge >= 0.3 is 18.9 Å². The molecule has 182 valence electrons. The van der Waals surface area contributed by atoms with Gasteiger partial charge in [0.15, 0.2) is 0 Å². The third kappa shape index (κ3) is 12.2. The van der Waals surface area contributed by atoms with Gasteiger partial charge in [0.1, 0.15) is 0 Å². The Kier molecular flexibility index (Phi) is 16.5. The zero-order chi connectivity index (χ0) is 23.5. The van der Waals surface area contributed by atoms with E-state index in [9.17, 15) is 0 Å². The second-order valence-corrected chi connectivity index (χ2v) is 10.9. The molecule has 3 heterocycles. The second kappa shape index (κ2) is 19.5. The van der Waals surface area contributed by atoms with Crippen molar-refractivity contribution in [2.75, 3.05) is 39.6 Å². The second-order valence-electron chi connectivity index (χ2n) is 8.43. The van der Waals surface area contributed by atoms with Crippen molar-refractivity contribution >= 4 is 24.4 Å². The third-order valence-electron chi connectivity index (χ3n) is 5.67. The normalized spacial score (nSPS) is 15.8. The molecule has 0 saturated carbocycles. The monoisotopic (exact) mass is 482 g/mol. The van der Waals surface area contributed by atoms with E-state index < -0.39 is 8.80 Å². The minimum absolute atomic E-state index is 0. The molecule has 0 aromatic heterocycles. The van der Waals surface area contributed by atoms with Crippen molar-refractivity contribution in [3.05, 3.63) is 91.0 Å². The summed E-state index contributed by atoms with van der Waals surface area (Å²) in [6.07, 6.45) is 7.67. The van der Waals surface area contributed by atoms with Gasteiger partial charge in [-0.25, -0.2) is 8.80 Å². The summed E-state index contributed by atoms with van der Waals surface area (Å²) < 4.78 is 14.8. The minimum Gasteiger partial charge on any atom is -0.381 e. The molecule has 3 aliphatic rings. The van der Waals surface area contributed by atoms with E-state index in [0.29, 0.717) is 0 Å². The van der Waals surface area contributed by atoms with Crippen LogP contribution in [0.4, 0.5) is 0 Å². The van der Waals surface area contributed by atoms with Crippen LogP contribution >= 0.6 is 0 Å². The molecule has 3 nitrogen and oxygen atoms in total. The fraction of sp³-hybridized carbons (Fsp3) is 0.400. The molecule has 35 heavy (non-hydrogen) atoms. The number of rotatable bonds is 3. The van der Waals surface area contributed by atoms with Gasteiger partial charge in [-0.1, -0.05) is 91.0 Å². The molecule has 0 bridgehead atoms. The van der Waals surface area contributed by atoms with E-state index in [1.54, 1.807) is 0 Å². The zero-order valence-corrected chi connectivity index (χ0v) is 22.4. The van der Waals surface area contributed by atoms with E-state index in [0.717, 1.165) is 39.6 Å². The van der Waals surface area contributed by atoms with Crippen LogP contribution in [0.25, 0.3) is 0 Å². The molecule has 6 rings (SSSR count). The van der Waals surface area contributed by atoms with Gasteiger partial charge in [-0.05, 0) is 38.5 Å². The quantitative estimate of drug-likeness (QED) is 0.419. The number of hydrogen-bond donors (Lipinski definition) is 0. The average Bonchev–Trinajstić information content (AvgIpc) is 3.74. The van der Waals surface area contributed by atoms with Crippen LogP contribution in [-0.4, -0.2) is 48.4 Å². The molecule has 3 fully saturated rings. The molecule has 0 spiro atoms. The van der Waals surface area contributed by atoms with Crippen molar-refractivity contribution < 1.29 is 33.1 Å². The van der Waals surface area contributed by atoms with E-state index in [2.05, 4.69) is 91.0 Å². The standard InChI is InChI=1S/C18H15Si.3C4H8O.Li/c1-4-10-16(11-5-1)19(17-12-6-2-7-13-17)18-14-8-3-9-15-18;3*1-2-4-5-3-1;/h1-15H;3*1-4H2;/q-1;;;;+1. The molecule has 5 heteroatoms. The average molecular weight is 483 g/mol. The van der Waals surface area contributed by atoms with Gasteiger partial charge in [0.25, 0.3) is 0 Å². The zero-order valence-electron chi connectivity index (χ0n) is 21.4. The molecular formula is C30H39LiO3Si. The van der Waals surface area contributed by atoms with E-state index in [4.69, 9.17) is 14.2 Å². The maximum Gasteiger partial charge on any atom is 1.00 e. The fourth-order valence-corrected chi connectivity index (χ4v) is 6.42. The summed E-state index contributed by atoms with van der Waals surface area (Å²) in [6, 6.07) is 32.5. The first-order valence-electron chi connectivity index (χ1n) is 12.7. The number of ether oxygens (including phenoxy) is 3. The van der Waals surface area contributed by atoms with E-state index in [1.165, 1.54) is 54.1 Å². The molecule has 0 unspecified atom stereocenters. The molecule has 3 saturated heterocycles. The largest absolute Gasteiger partial charge is 1.00 e. The van der Waals surface area contributed by atoms with Crippen molar-refractivity contribution in [2.24, 2.45) is 0 Å². The Morgan fingerprint density at radius 2 is 0.600 bits per heavy atom. The summed E-state index contributed by atoms with van der Waals surface area (Å²) in [7, 11) is -0.877. The van der Waals surface area contributed by atoms with Crippen LogP contribution in [0.15, 0.2) is 91.0 Å². The van der Waals surface area contributed by atoms with Gasteiger partial charge in [0.05, 0.1) is 0 Å².